The van der Waals surface area contributed by atoms with Crippen molar-refractivity contribution in [2.75, 3.05) is 40.0 Å². The van der Waals surface area contributed by atoms with Gasteiger partial charge in [-0.1, -0.05) is 30.3 Å². The Kier molecular flexibility index (Phi) is 5.81. The van der Waals surface area contributed by atoms with Crippen molar-refractivity contribution in [1.29, 1.82) is 0 Å². The molecule has 0 aliphatic carbocycles. The molecule has 2 saturated heterocycles. The highest BCUT2D eigenvalue weighted by Crippen LogP contribution is 2.31. The molecule has 2 fully saturated rings. The third-order valence-electron chi connectivity index (χ3n) is 5.65. The van der Waals surface area contributed by atoms with Crippen molar-refractivity contribution in [3.8, 4) is 16.9 Å². The van der Waals surface area contributed by atoms with E-state index in [1.54, 1.807) is 12.0 Å². The Morgan fingerprint density at radius 2 is 1.83 bits per heavy atom. The van der Waals surface area contributed by atoms with Crippen LogP contribution >= 0.6 is 0 Å². The van der Waals surface area contributed by atoms with Crippen LogP contribution in [0.4, 0.5) is 0 Å². The van der Waals surface area contributed by atoms with Crippen LogP contribution in [0.1, 0.15) is 23.2 Å². The quantitative estimate of drug-likeness (QED) is 0.800. The molecule has 4 rings (SSSR count). The first-order chi connectivity index (χ1) is 14.2. The van der Waals surface area contributed by atoms with E-state index in [2.05, 4.69) is 0 Å². The number of rotatable bonds is 4. The van der Waals surface area contributed by atoms with Gasteiger partial charge in [-0.2, -0.15) is 0 Å². The van der Waals surface area contributed by atoms with Gasteiger partial charge in [0.15, 0.2) is 0 Å². The molecule has 0 bridgehead atoms. The lowest BCUT2D eigenvalue weighted by atomic mass is 10.0. The second-order valence-corrected chi connectivity index (χ2v) is 7.38. The highest BCUT2D eigenvalue weighted by atomic mass is 16.5. The van der Waals surface area contributed by atoms with Gasteiger partial charge in [-0.15, -0.1) is 0 Å². The van der Waals surface area contributed by atoms with Crippen LogP contribution in [0.5, 0.6) is 5.75 Å². The summed E-state index contributed by atoms with van der Waals surface area (Å²) < 4.78 is 10.8. The van der Waals surface area contributed by atoms with Crippen LogP contribution in [0.25, 0.3) is 11.1 Å². The number of nitrogens with zero attached hydrogens (tertiary/aromatic N) is 2. The summed E-state index contributed by atoms with van der Waals surface area (Å²) in [7, 11) is 1.64. The maximum Gasteiger partial charge on any atom is 0.254 e. The van der Waals surface area contributed by atoms with Gasteiger partial charge in [0.1, 0.15) is 11.8 Å². The van der Waals surface area contributed by atoms with Gasteiger partial charge in [-0.3, -0.25) is 9.59 Å². The Labute approximate surface area is 171 Å². The number of hydrogen-bond acceptors (Lipinski definition) is 4. The molecule has 2 aromatic rings. The second kappa shape index (κ2) is 8.66. The summed E-state index contributed by atoms with van der Waals surface area (Å²) in [5.41, 5.74) is 2.45. The van der Waals surface area contributed by atoms with Crippen LogP contribution in [0.2, 0.25) is 0 Å². The zero-order valence-electron chi connectivity index (χ0n) is 16.7. The number of likely N-dealkylation sites (tertiary alicyclic amines) is 1. The predicted molar refractivity (Wildman–Crippen MR) is 110 cm³/mol. The molecule has 152 valence electrons. The summed E-state index contributed by atoms with van der Waals surface area (Å²) in [6.07, 6.45) is 1.56. The van der Waals surface area contributed by atoms with Crippen LogP contribution in [-0.4, -0.2) is 67.6 Å². The Hall–Kier alpha value is -2.86. The highest BCUT2D eigenvalue weighted by Gasteiger charge is 2.37. The number of para-hydroxylation sites is 1. The van der Waals surface area contributed by atoms with Crippen molar-refractivity contribution in [2.45, 2.75) is 18.9 Å². The lowest BCUT2D eigenvalue weighted by Gasteiger charge is -2.32. The second-order valence-electron chi connectivity index (χ2n) is 7.38. The van der Waals surface area contributed by atoms with E-state index in [-0.39, 0.29) is 17.9 Å². The third kappa shape index (κ3) is 3.98. The number of amides is 2. The molecule has 0 N–H and O–H groups in total. The van der Waals surface area contributed by atoms with Crippen molar-refractivity contribution in [3.05, 3.63) is 54.1 Å². The number of benzene rings is 2. The first-order valence-corrected chi connectivity index (χ1v) is 10.1. The van der Waals surface area contributed by atoms with Crippen LogP contribution < -0.4 is 4.74 Å². The zero-order valence-corrected chi connectivity index (χ0v) is 16.7. The van der Waals surface area contributed by atoms with E-state index in [1.807, 2.05) is 53.4 Å². The molecule has 0 radical (unpaired) electrons. The molecule has 2 aliphatic rings. The number of hydrogen-bond donors (Lipinski definition) is 0. The van der Waals surface area contributed by atoms with Gasteiger partial charge < -0.3 is 19.3 Å². The predicted octanol–water partition coefficient (Wildman–Crippen LogP) is 2.83. The maximum atomic E-state index is 13.3. The summed E-state index contributed by atoms with van der Waals surface area (Å²) in [6.45, 7) is 2.93. The van der Waals surface area contributed by atoms with Crippen LogP contribution in [-0.2, 0) is 9.53 Å². The minimum Gasteiger partial charge on any atom is -0.496 e. The third-order valence-corrected chi connectivity index (χ3v) is 5.65. The molecule has 0 aromatic heterocycles. The maximum absolute atomic E-state index is 13.3. The van der Waals surface area contributed by atoms with Gasteiger partial charge in [0, 0.05) is 30.8 Å². The molecule has 0 spiro atoms. The Balaban J connectivity index is 1.56. The van der Waals surface area contributed by atoms with Crippen molar-refractivity contribution < 1.29 is 19.1 Å². The van der Waals surface area contributed by atoms with Gasteiger partial charge in [-0.05, 0) is 36.6 Å². The average molecular weight is 394 g/mol. The van der Waals surface area contributed by atoms with Crippen molar-refractivity contribution in [3.63, 3.8) is 0 Å². The van der Waals surface area contributed by atoms with E-state index in [1.165, 1.54) is 0 Å². The normalized spacial score (nSPS) is 19.3. The average Bonchev–Trinajstić information content (AvgIpc) is 3.28. The summed E-state index contributed by atoms with van der Waals surface area (Å²) in [5.74, 6) is 0.713. The van der Waals surface area contributed by atoms with E-state index in [9.17, 15) is 9.59 Å². The number of morpholine rings is 1. The van der Waals surface area contributed by atoms with Crippen LogP contribution in [0.15, 0.2) is 48.5 Å². The fourth-order valence-electron chi connectivity index (χ4n) is 4.13. The summed E-state index contributed by atoms with van der Waals surface area (Å²) >= 11 is 0. The number of methoxy groups -OCH3 is 1. The zero-order chi connectivity index (χ0) is 20.2. The van der Waals surface area contributed by atoms with Gasteiger partial charge in [-0.25, -0.2) is 0 Å². The SMILES string of the molecule is COc1ccccc1-c1cccc(C(=O)N2CCC[C@H]2C(=O)N2CCOCC2)c1. The highest BCUT2D eigenvalue weighted by molar-refractivity contribution is 5.99. The van der Waals surface area contributed by atoms with E-state index in [0.717, 1.165) is 23.3 Å². The Morgan fingerprint density at radius 1 is 1.03 bits per heavy atom. The lowest BCUT2D eigenvalue weighted by molar-refractivity contribution is -0.139. The fraction of sp³-hybridized carbons (Fsp3) is 0.391. The summed E-state index contributed by atoms with van der Waals surface area (Å²) in [6, 6.07) is 14.9. The van der Waals surface area contributed by atoms with Gasteiger partial charge in [0.2, 0.25) is 5.91 Å². The monoisotopic (exact) mass is 394 g/mol. The summed E-state index contributed by atoms with van der Waals surface area (Å²) in [5, 5.41) is 0. The first kappa shape index (κ1) is 19.5. The number of carbonyl (C=O) groups is 2. The topological polar surface area (TPSA) is 59.1 Å². The molecule has 6 heteroatoms. The van der Waals surface area contributed by atoms with Crippen molar-refractivity contribution in [1.82, 2.24) is 9.80 Å². The molecule has 2 aromatic carbocycles. The van der Waals surface area contributed by atoms with E-state index >= 15 is 0 Å². The molecule has 1 atom stereocenters. The smallest absolute Gasteiger partial charge is 0.254 e. The lowest BCUT2D eigenvalue weighted by Crippen LogP contribution is -2.51. The van der Waals surface area contributed by atoms with Gasteiger partial charge in [0.25, 0.3) is 5.91 Å². The van der Waals surface area contributed by atoms with Crippen molar-refractivity contribution >= 4 is 11.8 Å². The largest absolute Gasteiger partial charge is 0.496 e. The first-order valence-electron chi connectivity index (χ1n) is 10.1. The minimum absolute atomic E-state index is 0.0417. The number of ether oxygens (including phenoxy) is 2. The standard InChI is InChI=1S/C23H26N2O4/c1-28-21-10-3-2-8-19(21)17-6-4-7-18(16-17)22(26)25-11-5-9-20(25)23(27)24-12-14-29-15-13-24/h2-4,6-8,10,16,20H,5,9,11-15H2,1H3/t20-/m0/s1. The molecule has 2 amide bonds. The summed E-state index contributed by atoms with van der Waals surface area (Å²) in [4.78, 5) is 29.8. The van der Waals surface area contributed by atoms with Crippen LogP contribution in [0.3, 0.4) is 0 Å². The Bertz CT molecular complexity index is 892. The van der Waals surface area contributed by atoms with Gasteiger partial charge in [0.05, 0.1) is 20.3 Å². The van der Waals surface area contributed by atoms with E-state index in [4.69, 9.17) is 9.47 Å². The van der Waals surface area contributed by atoms with E-state index in [0.29, 0.717) is 44.8 Å². The molecule has 0 saturated carbocycles. The minimum atomic E-state index is -0.379. The van der Waals surface area contributed by atoms with Crippen molar-refractivity contribution in [2.24, 2.45) is 0 Å². The van der Waals surface area contributed by atoms with Gasteiger partial charge >= 0.3 is 0 Å². The number of carbonyl (C=O) groups excluding carboxylic acids is 2. The molecule has 0 unspecified atom stereocenters. The molecule has 6 nitrogen and oxygen atoms in total. The molecule has 29 heavy (non-hydrogen) atoms. The molecular weight excluding hydrogens is 368 g/mol. The van der Waals surface area contributed by atoms with Crippen LogP contribution in [0, 0.1) is 0 Å². The molecule has 2 aliphatic heterocycles. The fourth-order valence-corrected chi connectivity index (χ4v) is 4.13. The van der Waals surface area contributed by atoms with E-state index < -0.39 is 0 Å². The Morgan fingerprint density at radius 3 is 2.62 bits per heavy atom. The molecular formula is C23H26N2O4. The molecule has 2 heterocycles.